The summed E-state index contributed by atoms with van der Waals surface area (Å²) in [7, 11) is 0. The molecule has 1 rings (SSSR count). The van der Waals surface area contributed by atoms with Crippen LogP contribution in [0.25, 0.3) is 0 Å². The molecule has 8 heteroatoms. The molecule has 1 atom stereocenters. The molecule has 0 saturated carbocycles. The minimum atomic E-state index is -1.16. The highest BCUT2D eigenvalue weighted by molar-refractivity contribution is 5.98. The number of hydrogen-bond donors (Lipinski definition) is 3. The molecule has 0 radical (unpaired) electrons. The maximum Gasteiger partial charge on any atom is 0.320 e. The lowest BCUT2D eigenvalue weighted by molar-refractivity contribution is -0.140. The Kier molecular flexibility index (Phi) is 6.88. The van der Waals surface area contributed by atoms with E-state index in [1.54, 1.807) is 0 Å². The first-order valence-corrected chi connectivity index (χ1v) is 6.84. The third kappa shape index (κ3) is 6.70. The lowest BCUT2D eigenvalue weighted by atomic mass is 10.1. The van der Waals surface area contributed by atoms with E-state index in [0.717, 1.165) is 0 Å². The monoisotopic (exact) mass is 322 g/mol. The highest BCUT2D eigenvalue weighted by Gasteiger charge is 2.14. The number of rotatable bonds is 8. The molecule has 4 N–H and O–H groups in total. The van der Waals surface area contributed by atoms with E-state index in [0.29, 0.717) is 11.3 Å². The Morgan fingerprint density at radius 2 is 1.83 bits per heavy atom. The molecule has 0 aliphatic heterocycles. The summed E-state index contributed by atoms with van der Waals surface area (Å²) in [5.74, 6) is -2.43. The number of aliphatic carboxylic acids is 1. The molecular weight excluding hydrogens is 304 g/mol. The van der Waals surface area contributed by atoms with Crippen LogP contribution in [0.3, 0.4) is 0 Å². The number of Topliss-reactive ketones (excluding diaryl/α,β-unsaturated/α-hetero) is 1. The molecule has 0 fully saturated rings. The SMILES string of the molecule is CC(=O)OCC(=O)c1ccc(NC(=O)CC[C@H](N)C(=O)O)cc1. The number of hydrogen-bond acceptors (Lipinski definition) is 6. The van der Waals surface area contributed by atoms with Crippen LogP contribution in [0.1, 0.15) is 30.1 Å². The zero-order valence-electron chi connectivity index (χ0n) is 12.6. The standard InChI is InChI=1S/C15H18N2O6/c1-9(18)23-8-13(19)10-2-4-11(5-3-10)17-14(20)7-6-12(16)15(21)22/h2-5,12H,6-8,16H2,1H3,(H,17,20)(H,21,22)/t12-/m0/s1. The number of ketones is 1. The van der Waals surface area contributed by atoms with Crippen molar-refractivity contribution in [2.45, 2.75) is 25.8 Å². The van der Waals surface area contributed by atoms with Gasteiger partial charge in [-0.15, -0.1) is 0 Å². The second kappa shape index (κ2) is 8.64. The Balaban J connectivity index is 2.50. The number of esters is 1. The number of anilines is 1. The van der Waals surface area contributed by atoms with E-state index in [1.165, 1.54) is 31.2 Å². The zero-order valence-corrected chi connectivity index (χ0v) is 12.6. The van der Waals surface area contributed by atoms with Crippen LogP contribution in [0.2, 0.25) is 0 Å². The number of carbonyl (C=O) groups excluding carboxylic acids is 3. The summed E-state index contributed by atoms with van der Waals surface area (Å²) in [6, 6.07) is 4.95. The van der Waals surface area contributed by atoms with Gasteiger partial charge in [0.25, 0.3) is 0 Å². The van der Waals surface area contributed by atoms with E-state index < -0.39 is 18.0 Å². The van der Waals surface area contributed by atoms with E-state index in [1.807, 2.05) is 0 Å². The minimum Gasteiger partial charge on any atom is -0.480 e. The van der Waals surface area contributed by atoms with Crippen molar-refractivity contribution in [2.75, 3.05) is 11.9 Å². The van der Waals surface area contributed by atoms with Gasteiger partial charge in [-0.25, -0.2) is 0 Å². The number of ether oxygens (including phenoxy) is 1. The first-order chi connectivity index (χ1) is 10.8. The molecule has 1 aromatic rings. The topological polar surface area (TPSA) is 136 Å². The van der Waals surface area contributed by atoms with Gasteiger partial charge in [-0.2, -0.15) is 0 Å². The predicted molar refractivity (Wildman–Crippen MR) is 80.9 cm³/mol. The minimum absolute atomic E-state index is 0.0272. The third-order valence-electron chi connectivity index (χ3n) is 2.90. The highest BCUT2D eigenvalue weighted by atomic mass is 16.5. The predicted octanol–water partition coefficient (Wildman–Crippen LogP) is 0.563. The molecule has 0 aliphatic carbocycles. The lowest BCUT2D eigenvalue weighted by Gasteiger charge is -2.08. The van der Waals surface area contributed by atoms with Gasteiger partial charge in [-0.05, 0) is 30.7 Å². The molecule has 0 heterocycles. The Labute approximate surface area is 132 Å². The lowest BCUT2D eigenvalue weighted by Crippen LogP contribution is -2.31. The van der Waals surface area contributed by atoms with E-state index in [4.69, 9.17) is 10.8 Å². The van der Waals surface area contributed by atoms with E-state index in [2.05, 4.69) is 10.1 Å². The third-order valence-corrected chi connectivity index (χ3v) is 2.90. The van der Waals surface area contributed by atoms with Crippen LogP contribution in [0.4, 0.5) is 5.69 Å². The van der Waals surface area contributed by atoms with Crippen molar-refractivity contribution >= 4 is 29.3 Å². The highest BCUT2D eigenvalue weighted by Crippen LogP contribution is 2.11. The second-order valence-electron chi connectivity index (χ2n) is 4.81. The van der Waals surface area contributed by atoms with Gasteiger partial charge in [-0.3, -0.25) is 19.2 Å². The first-order valence-electron chi connectivity index (χ1n) is 6.84. The Morgan fingerprint density at radius 3 is 2.35 bits per heavy atom. The maximum atomic E-state index is 11.7. The fourth-order valence-corrected chi connectivity index (χ4v) is 1.62. The number of benzene rings is 1. The van der Waals surface area contributed by atoms with Crippen LogP contribution in [0, 0.1) is 0 Å². The van der Waals surface area contributed by atoms with Crippen molar-refractivity contribution in [1.29, 1.82) is 0 Å². The van der Waals surface area contributed by atoms with Gasteiger partial charge >= 0.3 is 11.9 Å². The molecule has 0 aliphatic rings. The summed E-state index contributed by atoms with van der Waals surface area (Å²) in [5, 5.41) is 11.2. The summed E-state index contributed by atoms with van der Waals surface area (Å²) in [6.45, 7) is 0.871. The molecule has 1 aromatic carbocycles. The van der Waals surface area contributed by atoms with Crippen LogP contribution in [-0.2, 0) is 19.1 Å². The normalized spacial score (nSPS) is 11.4. The number of carboxylic acids is 1. The van der Waals surface area contributed by atoms with Gasteiger partial charge in [0, 0.05) is 24.6 Å². The van der Waals surface area contributed by atoms with E-state index in [9.17, 15) is 19.2 Å². The van der Waals surface area contributed by atoms with Gasteiger partial charge in [0.05, 0.1) is 0 Å². The Bertz CT molecular complexity index is 596. The van der Waals surface area contributed by atoms with Gasteiger partial charge < -0.3 is 20.9 Å². The van der Waals surface area contributed by atoms with Crippen LogP contribution in [-0.4, -0.2) is 41.4 Å². The van der Waals surface area contributed by atoms with Crippen molar-refractivity contribution < 1.29 is 29.0 Å². The van der Waals surface area contributed by atoms with E-state index in [-0.39, 0.29) is 31.1 Å². The van der Waals surface area contributed by atoms with Gasteiger partial charge in [0.2, 0.25) is 5.91 Å². The smallest absolute Gasteiger partial charge is 0.320 e. The Morgan fingerprint density at radius 1 is 1.22 bits per heavy atom. The molecule has 0 aromatic heterocycles. The molecule has 8 nitrogen and oxygen atoms in total. The van der Waals surface area contributed by atoms with Gasteiger partial charge in [0.1, 0.15) is 6.04 Å². The zero-order chi connectivity index (χ0) is 17.4. The molecule has 0 unspecified atom stereocenters. The average molecular weight is 322 g/mol. The molecule has 23 heavy (non-hydrogen) atoms. The molecule has 0 bridgehead atoms. The average Bonchev–Trinajstić information content (AvgIpc) is 2.50. The summed E-state index contributed by atoms with van der Waals surface area (Å²) in [5.41, 5.74) is 6.11. The summed E-state index contributed by atoms with van der Waals surface area (Å²) in [6.07, 6.45) is 0.000716. The van der Waals surface area contributed by atoms with Crippen molar-refractivity contribution in [3.63, 3.8) is 0 Å². The summed E-state index contributed by atoms with van der Waals surface area (Å²) in [4.78, 5) is 44.5. The molecule has 1 amide bonds. The molecule has 0 saturated heterocycles. The number of amides is 1. The maximum absolute atomic E-state index is 11.7. The van der Waals surface area contributed by atoms with Crippen LogP contribution < -0.4 is 11.1 Å². The largest absolute Gasteiger partial charge is 0.480 e. The summed E-state index contributed by atoms with van der Waals surface area (Å²) >= 11 is 0. The van der Waals surface area contributed by atoms with Crippen molar-refractivity contribution in [3.8, 4) is 0 Å². The van der Waals surface area contributed by atoms with E-state index >= 15 is 0 Å². The number of carbonyl (C=O) groups is 4. The number of nitrogens with two attached hydrogens (primary N) is 1. The van der Waals surface area contributed by atoms with Crippen molar-refractivity contribution in [2.24, 2.45) is 5.73 Å². The Hall–Kier alpha value is -2.74. The van der Waals surface area contributed by atoms with Crippen molar-refractivity contribution in [3.05, 3.63) is 29.8 Å². The van der Waals surface area contributed by atoms with Gasteiger partial charge in [-0.1, -0.05) is 0 Å². The number of carboxylic acid groups (broad SMARTS) is 1. The molecule has 0 spiro atoms. The van der Waals surface area contributed by atoms with Gasteiger partial charge in [0.15, 0.2) is 12.4 Å². The van der Waals surface area contributed by atoms with Crippen molar-refractivity contribution in [1.82, 2.24) is 0 Å². The first kappa shape index (κ1) is 18.3. The molecule has 124 valence electrons. The van der Waals surface area contributed by atoms with Crippen LogP contribution in [0.5, 0.6) is 0 Å². The molecular formula is C15H18N2O6. The second-order valence-corrected chi connectivity index (χ2v) is 4.81. The number of nitrogens with one attached hydrogen (secondary N) is 1. The quantitative estimate of drug-likeness (QED) is 0.470. The van der Waals surface area contributed by atoms with Crippen LogP contribution >= 0.6 is 0 Å². The fraction of sp³-hybridized carbons (Fsp3) is 0.333. The summed E-state index contributed by atoms with van der Waals surface area (Å²) < 4.78 is 4.61. The fourth-order valence-electron chi connectivity index (χ4n) is 1.62. The van der Waals surface area contributed by atoms with Crippen LogP contribution in [0.15, 0.2) is 24.3 Å².